The van der Waals surface area contributed by atoms with Crippen molar-refractivity contribution in [3.05, 3.63) is 42.0 Å². The van der Waals surface area contributed by atoms with Gasteiger partial charge in [0.1, 0.15) is 6.61 Å². The Morgan fingerprint density at radius 3 is 3.11 bits per heavy atom. The summed E-state index contributed by atoms with van der Waals surface area (Å²) in [5.74, 6) is 5.21. The van der Waals surface area contributed by atoms with Gasteiger partial charge >= 0.3 is 0 Å². The molecule has 2 aromatic heterocycles. The van der Waals surface area contributed by atoms with Crippen LogP contribution < -0.4 is 5.32 Å². The van der Waals surface area contributed by atoms with Crippen molar-refractivity contribution in [1.29, 1.82) is 0 Å². The summed E-state index contributed by atoms with van der Waals surface area (Å²) < 4.78 is 0. The molecule has 0 aliphatic heterocycles. The van der Waals surface area contributed by atoms with Crippen LogP contribution in [0.3, 0.4) is 0 Å². The third-order valence-electron chi connectivity index (χ3n) is 2.04. The number of hydrogen-bond acceptors (Lipinski definition) is 4. The molecule has 0 aliphatic carbocycles. The summed E-state index contributed by atoms with van der Waals surface area (Å²) in [7, 11) is 0. The first-order valence-corrected chi connectivity index (χ1v) is 5.15. The molecule has 18 heavy (non-hydrogen) atoms. The van der Waals surface area contributed by atoms with Gasteiger partial charge in [-0.15, -0.1) is 0 Å². The summed E-state index contributed by atoms with van der Waals surface area (Å²) in [6.45, 7) is -0.233. The standard InChI is InChI=1S/C12H10N4O2/c17-5-1-2-9-6-10(8-13-7-9)11(18)16-12-14-3-4-15-12/h3-4,6-8,17H,5H2,(H2,14,15,16,18). The van der Waals surface area contributed by atoms with Crippen LogP contribution in [-0.4, -0.2) is 32.6 Å². The third-order valence-corrected chi connectivity index (χ3v) is 2.04. The van der Waals surface area contributed by atoms with E-state index in [1.807, 2.05) is 0 Å². The quantitative estimate of drug-likeness (QED) is 0.665. The fourth-order valence-electron chi connectivity index (χ4n) is 1.29. The number of rotatable bonds is 2. The molecule has 0 radical (unpaired) electrons. The monoisotopic (exact) mass is 242 g/mol. The Bertz CT molecular complexity index is 596. The van der Waals surface area contributed by atoms with Gasteiger partial charge in [0, 0.05) is 30.4 Å². The Hall–Kier alpha value is -2.65. The van der Waals surface area contributed by atoms with Crippen molar-refractivity contribution in [1.82, 2.24) is 15.0 Å². The minimum Gasteiger partial charge on any atom is -0.384 e. The number of aromatic amines is 1. The second kappa shape index (κ2) is 5.61. The molecule has 0 bridgehead atoms. The smallest absolute Gasteiger partial charge is 0.259 e. The molecule has 0 fully saturated rings. The maximum absolute atomic E-state index is 11.8. The minimum absolute atomic E-state index is 0.233. The number of nitrogens with zero attached hydrogens (tertiary/aromatic N) is 2. The Kier molecular flexibility index (Phi) is 3.69. The summed E-state index contributed by atoms with van der Waals surface area (Å²) in [4.78, 5) is 22.4. The number of carbonyl (C=O) groups excluding carboxylic acids is 1. The van der Waals surface area contributed by atoms with E-state index in [-0.39, 0.29) is 12.5 Å². The van der Waals surface area contributed by atoms with Crippen LogP contribution in [0.15, 0.2) is 30.9 Å². The van der Waals surface area contributed by atoms with Gasteiger partial charge in [0.15, 0.2) is 0 Å². The van der Waals surface area contributed by atoms with Crippen LogP contribution in [-0.2, 0) is 0 Å². The van der Waals surface area contributed by atoms with Crippen LogP contribution in [0, 0.1) is 11.8 Å². The van der Waals surface area contributed by atoms with Gasteiger partial charge in [0.05, 0.1) is 5.56 Å². The number of hydrogen-bond donors (Lipinski definition) is 3. The molecule has 90 valence electrons. The van der Waals surface area contributed by atoms with Crippen molar-refractivity contribution in [3.8, 4) is 11.8 Å². The summed E-state index contributed by atoms with van der Waals surface area (Å²) in [6, 6.07) is 1.59. The van der Waals surface area contributed by atoms with E-state index < -0.39 is 0 Å². The zero-order valence-corrected chi connectivity index (χ0v) is 9.34. The highest BCUT2D eigenvalue weighted by Gasteiger charge is 2.07. The molecule has 0 unspecified atom stereocenters. The summed E-state index contributed by atoms with van der Waals surface area (Å²) in [5, 5.41) is 11.2. The van der Waals surface area contributed by atoms with Gasteiger partial charge < -0.3 is 10.1 Å². The Labute approximate surface area is 103 Å². The molecule has 0 spiro atoms. The molecule has 2 heterocycles. The van der Waals surface area contributed by atoms with E-state index in [2.05, 4.69) is 32.1 Å². The summed E-state index contributed by atoms with van der Waals surface area (Å²) in [6.07, 6.45) is 6.10. The molecule has 0 aliphatic rings. The van der Waals surface area contributed by atoms with Gasteiger partial charge in [-0.1, -0.05) is 11.8 Å². The fourth-order valence-corrected chi connectivity index (χ4v) is 1.29. The van der Waals surface area contributed by atoms with E-state index in [4.69, 9.17) is 5.11 Å². The van der Waals surface area contributed by atoms with Gasteiger partial charge in [0.25, 0.3) is 5.91 Å². The van der Waals surface area contributed by atoms with Gasteiger partial charge in [0.2, 0.25) is 5.95 Å². The Morgan fingerprint density at radius 2 is 2.39 bits per heavy atom. The van der Waals surface area contributed by atoms with E-state index in [9.17, 15) is 4.79 Å². The number of aliphatic hydroxyl groups is 1. The molecule has 0 saturated carbocycles. The lowest BCUT2D eigenvalue weighted by Crippen LogP contribution is -2.13. The number of amides is 1. The number of imidazole rings is 1. The molecule has 2 aromatic rings. The van der Waals surface area contributed by atoms with Crippen molar-refractivity contribution in [2.75, 3.05) is 11.9 Å². The van der Waals surface area contributed by atoms with E-state index in [1.165, 1.54) is 18.6 Å². The molecule has 2 rings (SSSR count). The van der Waals surface area contributed by atoms with Crippen LogP contribution in [0.1, 0.15) is 15.9 Å². The Morgan fingerprint density at radius 1 is 1.50 bits per heavy atom. The molecular weight excluding hydrogens is 232 g/mol. The van der Waals surface area contributed by atoms with Crippen molar-refractivity contribution in [2.24, 2.45) is 0 Å². The first-order valence-electron chi connectivity index (χ1n) is 5.15. The number of H-pyrrole nitrogens is 1. The molecular formula is C12H10N4O2. The second-order valence-corrected chi connectivity index (χ2v) is 3.31. The zero-order valence-electron chi connectivity index (χ0n) is 9.34. The predicted molar refractivity (Wildman–Crippen MR) is 64.7 cm³/mol. The average Bonchev–Trinajstić information content (AvgIpc) is 2.89. The van der Waals surface area contributed by atoms with Crippen molar-refractivity contribution in [3.63, 3.8) is 0 Å². The van der Waals surface area contributed by atoms with Gasteiger partial charge in [-0.2, -0.15) is 0 Å². The molecule has 0 atom stereocenters. The fraction of sp³-hybridized carbons (Fsp3) is 0.0833. The lowest BCUT2D eigenvalue weighted by molar-refractivity contribution is 0.102. The van der Waals surface area contributed by atoms with Crippen molar-refractivity contribution >= 4 is 11.9 Å². The maximum atomic E-state index is 11.8. The molecule has 6 nitrogen and oxygen atoms in total. The molecule has 1 amide bonds. The largest absolute Gasteiger partial charge is 0.384 e. The number of aromatic nitrogens is 3. The van der Waals surface area contributed by atoms with Crippen LogP contribution >= 0.6 is 0 Å². The maximum Gasteiger partial charge on any atom is 0.259 e. The van der Waals surface area contributed by atoms with Crippen LogP contribution in [0.2, 0.25) is 0 Å². The normalized spacial score (nSPS) is 9.39. The number of aliphatic hydroxyl groups excluding tert-OH is 1. The predicted octanol–water partition coefficient (Wildman–Crippen LogP) is 0.401. The lowest BCUT2D eigenvalue weighted by atomic mass is 10.2. The van der Waals surface area contributed by atoms with Crippen molar-refractivity contribution in [2.45, 2.75) is 0 Å². The SMILES string of the molecule is O=C(Nc1ncc[nH]1)c1cncc(C#CCO)c1. The lowest BCUT2D eigenvalue weighted by Gasteiger charge is -2.01. The third kappa shape index (κ3) is 2.93. The zero-order chi connectivity index (χ0) is 12.8. The van der Waals surface area contributed by atoms with Crippen LogP contribution in [0.5, 0.6) is 0 Å². The van der Waals surface area contributed by atoms with E-state index in [0.717, 1.165) is 0 Å². The van der Waals surface area contributed by atoms with E-state index >= 15 is 0 Å². The van der Waals surface area contributed by atoms with Crippen LogP contribution in [0.25, 0.3) is 0 Å². The minimum atomic E-state index is -0.329. The number of pyridine rings is 1. The van der Waals surface area contributed by atoms with E-state index in [0.29, 0.717) is 17.1 Å². The highest BCUT2D eigenvalue weighted by Crippen LogP contribution is 2.04. The average molecular weight is 242 g/mol. The summed E-state index contributed by atoms with van der Waals surface area (Å²) >= 11 is 0. The number of carbonyl (C=O) groups is 1. The summed E-state index contributed by atoms with van der Waals surface area (Å²) in [5.41, 5.74) is 0.937. The van der Waals surface area contributed by atoms with Crippen LogP contribution in [0.4, 0.5) is 5.95 Å². The second-order valence-electron chi connectivity index (χ2n) is 3.31. The van der Waals surface area contributed by atoms with Crippen molar-refractivity contribution < 1.29 is 9.90 Å². The van der Waals surface area contributed by atoms with Gasteiger partial charge in [-0.25, -0.2) is 4.98 Å². The molecule has 0 aromatic carbocycles. The first-order chi connectivity index (χ1) is 8.79. The van der Waals surface area contributed by atoms with Gasteiger partial charge in [-0.3, -0.25) is 15.1 Å². The van der Waals surface area contributed by atoms with Gasteiger partial charge in [-0.05, 0) is 6.07 Å². The molecule has 0 saturated heterocycles. The molecule has 6 heteroatoms. The number of nitrogens with one attached hydrogen (secondary N) is 2. The number of anilines is 1. The van der Waals surface area contributed by atoms with E-state index in [1.54, 1.807) is 12.3 Å². The highest BCUT2D eigenvalue weighted by molar-refractivity contribution is 6.03. The topological polar surface area (TPSA) is 90.9 Å². The highest BCUT2D eigenvalue weighted by atomic mass is 16.2. The Balaban J connectivity index is 2.15. The first kappa shape index (κ1) is 11.8. The molecule has 3 N–H and O–H groups in total.